The predicted molar refractivity (Wildman–Crippen MR) is 58.2 cm³/mol. The molecular weight excluding hydrogens is 210 g/mol. The molecule has 1 aromatic rings. The van der Waals surface area contributed by atoms with Gasteiger partial charge >= 0.3 is 5.82 Å². The highest BCUT2D eigenvalue weighted by Crippen LogP contribution is 2.14. The number of ketones is 1. The molecule has 16 heavy (non-hydrogen) atoms. The van der Waals surface area contributed by atoms with Crippen molar-refractivity contribution in [2.75, 3.05) is 0 Å². The summed E-state index contributed by atoms with van der Waals surface area (Å²) in [5, 5.41) is 14.4. The van der Waals surface area contributed by atoms with Crippen LogP contribution in [-0.4, -0.2) is 20.5 Å². The lowest BCUT2D eigenvalue weighted by atomic mass is 10.2. The summed E-state index contributed by atoms with van der Waals surface area (Å²) in [6.45, 7) is 3.84. The minimum atomic E-state index is -0.485. The molecule has 6 nitrogen and oxygen atoms in total. The first-order chi connectivity index (χ1) is 7.50. The number of nitrogens with zero attached hydrogens (tertiary/aromatic N) is 3. The van der Waals surface area contributed by atoms with E-state index in [0.29, 0.717) is 18.5 Å². The lowest BCUT2D eigenvalue weighted by Crippen LogP contribution is -2.00. The van der Waals surface area contributed by atoms with Gasteiger partial charge in [-0.25, -0.2) is 0 Å². The summed E-state index contributed by atoms with van der Waals surface area (Å²) in [7, 11) is 0. The van der Waals surface area contributed by atoms with Crippen molar-refractivity contribution in [3.63, 3.8) is 0 Å². The third-order valence-electron chi connectivity index (χ3n) is 2.26. The first-order valence-corrected chi connectivity index (χ1v) is 5.18. The van der Waals surface area contributed by atoms with E-state index in [1.54, 1.807) is 24.7 Å². The average molecular weight is 225 g/mol. The molecule has 0 aromatic carbocycles. The SMILES string of the molecule is CC(=O)CCCCn1cc(C)c([N+](=O)[O-])n1. The highest BCUT2D eigenvalue weighted by atomic mass is 16.6. The maximum atomic E-state index is 10.7. The molecule has 0 saturated heterocycles. The summed E-state index contributed by atoms with van der Waals surface area (Å²) in [5.74, 6) is 0.0780. The van der Waals surface area contributed by atoms with Crippen LogP contribution in [0.3, 0.4) is 0 Å². The molecule has 6 heteroatoms. The van der Waals surface area contributed by atoms with Gasteiger partial charge in [0.2, 0.25) is 0 Å². The number of hydrogen-bond acceptors (Lipinski definition) is 4. The number of carbonyl (C=O) groups excluding carboxylic acids is 1. The Hall–Kier alpha value is -1.72. The summed E-state index contributed by atoms with van der Waals surface area (Å²) in [4.78, 5) is 20.7. The first kappa shape index (κ1) is 12.4. The Morgan fingerprint density at radius 1 is 1.56 bits per heavy atom. The number of aromatic nitrogens is 2. The predicted octanol–water partition coefficient (Wildman–Crippen LogP) is 1.86. The molecule has 0 spiro atoms. The van der Waals surface area contributed by atoms with E-state index >= 15 is 0 Å². The van der Waals surface area contributed by atoms with Gasteiger partial charge in [0.05, 0.1) is 23.4 Å². The van der Waals surface area contributed by atoms with Gasteiger partial charge in [0, 0.05) is 6.42 Å². The van der Waals surface area contributed by atoms with Crippen LogP contribution in [0.25, 0.3) is 0 Å². The average Bonchev–Trinajstić information content (AvgIpc) is 2.54. The molecule has 0 aliphatic heterocycles. The van der Waals surface area contributed by atoms with Crippen molar-refractivity contribution in [2.45, 2.75) is 39.7 Å². The van der Waals surface area contributed by atoms with E-state index in [1.165, 1.54) is 0 Å². The van der Waals surface area contributed by atoms with Crippen LogP contribution in [0.15, 0.2) is 6.20 Å². The van der Waals surface area contributed by atoms with Crippen molar-refractivity contribution in [1.29, 1.82) is 0 Å². The van der Waals surface area contributed by atoms with E-state index in [-0.39, 0.29) is 11.6 Å². The number of rotatable bonds is 6. The van der Waals surface area contributed by atoms with Gasteiger partial charge in [-0.2, -0.15) is 4.68 Å². The van der Waals surface area contributed by atoms with Crippen LogP contribution < -0.4 is 0 Å². The maximum Gasteiger partial charge on any atom is 0.392 e. The molecule has 0 saturated carbocycles. The fraction of sp³-hybridized carbons (Fsp3) is 0.600. The third kappa shape index (κ3) is 3.45. The van der Waals surface area contributed by atoms with Crippen molar-refractivity contribution >= 4 is 11.6 Å². The van der Waals surface area contributed by atoms with Gasteiger partial charge in [-0.1, -0.05) is 0 Å². The molecule has 0 aliphatic rings. The van der Waals surface area contributed by atoms with E-state index in [9.17, 15) is 14.9 Å². The van der Waals surface area contributed by atoms with E-state index < -0.39 is 4.92 Å². The van der Waals surface area contributed by atoms with Gasteiger partial charge in [-0.3, -0.25) is 0 Å². The van der Waals surface area contributed by atoms with Crippen molar-refractivity contribution in [3.8, 4) is 0 Å². The Kier molecular flexibility index (Phi) is 4.16. The van der Waals surface area contributed by atoms with Crippen LogP contribution in [0.5, 0.6) is 0 Å². The highest BCUT2D eigenvalue weighted by molar-refractivity contribution is 5.75. The van der Waals surface area contributed by atoms with Crippen LogP contribution >= 0.6 is 0 Å². The Balaban J connectivity index is 2.46. The third-order valence-corrected chi connectivity index (χ3v) is 2.26. The van der Waals surface area contributed by atoms with E-state index in [0.717, 1.165) is 12.8 Å². The number of nitro groups is 1. The van der Waals surface area contributed by atoms with Gasteiger partial charge in [-0.15, -0.1) is 0 Å². The van der Waals surface area contributed by atoms with Gasteiger partial charge in [-0.05, 0) is 31.6 Å². The Labute approximate surface area is 93.4 Å². The standard InChI is InChI=1S/C10H15N3O3/c1-8-7-12(11-10(8)13(15)16)6-4-3-5-9(2)14/h7H,3-6H2,1-2H3. The van der Waals surface area contributed by atoms with Gasteiger partial charge in [0.1, 0.15) is 5.78 Å². The quantitative estimate of drug-likeness (QED) is 0.420. The molecule has 0 amide bonds. The Morgan fingerprint density at radius 2 is 2.25 bits per heavy atom. The number of Topliss-reactive ketones (excluding diaryl/α,β-unsaturated/α-hetero) is 1. The summed E-state index contributed by atoms with van der Waals surface area (Å²) >= 11 is 0. The van der Waals surface area contributed by atoms with Crippen molar-refractivity contribution in [2.24, 2.45) is 0 Å². The first-order valence-electron chi connectivity index (χ1n) is 5.18. The van der Waals surface area contributed by atoms with E-state index in [1.807, 2.05) is 0 Å². The largest absolute Gasteiger partial charge is 0.392 e. The summed E-state index contributed by atoms with van der Waals surface area (Å²) < 4.78 is 1.56. The van der Waals surface area contributed by atoms with Gasteiger partial charge < -0.3 is 14.9 Å². The fourth-order valence-corrected chi connectivity index (χ4v) is 1.45. The number of hydrogen-bond donors (Lipinski definition) is 0. The lowest BCUT2D eigenvalue weighted by Gasteiger charge is -1.96. The molecule has 1 heterocycles. The Bertz CT molecular complexity index is 398. The zero-order valence-electron chi connectivity index (χ0n) is 9.47. The zero-order valence-corrected chi connectivity index (χ0v) is 9.47. The molecule has 0 atom stereocenters. The Morgan fingerprint density at radius 3 is 2.75 bits per heavy atom. The highest BCUT2D eigenvalue weighted by Gasteiger charge is 2.16. The molecule has 0 fully saturated rings. The molecular formula is C10H15N3O3. The van der Waals surface area contributed by atoms with Gasteiger partial charge in [0.25, 0.3) is 0 Å². The molecule has 0 unspecified atom stereocenters. The molecule has 88 valence electrons. The number of carbonyl (C=O) groups is 1. The van der Waals surface area contributed by atoms with Crippen LogP contribution in [0.2, 0.25) is 0 Å². The minimum absolute atomic E-state index is 0.0911. The monoisotopic (exact) mass is 225 g/mol. The summed E-state index contributed by atoms with van der Waals surface area (Å²) in [6.07, 6.45) is 3.81. The van der Waals surface area contributed by atoms with Crippen molar-refractivity contribution < 1.29 is 9.72 Å². The second kappa shape index (κ2) is 5.39. The second-order valence-electron chi connectivity index (χ2n) is 3.82. The smallest absolute Gasteiger partial charge is 0.358 e. The molecule has 1 aromatic heterocycles. The normalized spacial score (nSPS) is 10.4. The minimum Gasteiger partial charge on any atom is -0.358 e. The van der Waals surface area contributed by atoms with Crippen LogP contribution in [0.1, 0.15) is 31.7 Å². The molecule has 0 bridgehead atoms. The number of aryl methyl sites for hydroxylation is 2. The maximum absolute atomic E-state index is 10.7. The van der Waals surface area contributed by atoms with Crippen LogP contribution in [0.4, 0.5) is 5.82 Å². The molecule has 0 aliphatic carbocycles. The molecule has 0 radical (unpaired) electrons. The topological polar surface area (TPSA) is 78.0 Å². The molecule has 0 N–H and O–H groups in total. The summed E-state index contributed by atoms with van der Waals surface area (Å²) in [5.41, 5.74) is 0.566. The van der Waals surface area contributed by atoms with Gasteiger partial charge in [0.15, 0.2) is 0 Å². The van der Waals surface area contributed by atoms with Crippen LogP contribution in [0, 0.1) is 17.0 Å². The molecule has 1 rings (SSSR count). The zero-order chi connectivity index (χ0) is 12.1. The second-order valence-corrected chi connectivity index (χ2v) is 3.82. The summed E-state index contributed by atoms with van der Waals surface area (Å²) in [6, 6.07) is 0. The van der Waals surface area contributed by atoms with Crippen molar-refractivity contribution in [3.05, 3.63) is 21.9 Å². The van der Waals surface area contributed by atoms with Crippen molar-refractivity contribution in [1.82, 2.24) is 9.78 Å². The van der Waals surface area contributed by atoms with Crippen LogP contribution in [-0.2, 0) is 11.3 Å². The lowest BCUT2D eigenvalue weighted by molar-refractivity contribution is -0.390. The fourth-order valence-electron chi connectivity index (χ4n) is 1.45. The number of unbranched alkanes of at least 4 members (excludes halogenated alkanes) is 1. The van der Waals surface area contributed by atoms with E-state index in [2.05, 4.69) is 5.10 Å². The van der Waals surface area contributed by atoms with E-state index in [4.69, 9.17) is 0 Å².